The average molecular weight is 483 g/mol. The molecule has 2 unspecified atom stereocenters. The lowest BCUT2D eigenvalue weighted by Gasteiger charge is -2.11. The second kappa shape index (κ2) is 11.9. The number of nitrogens with two attached hydrogens (primary N) is 2. The van der Waals surface area contributed by atoms with Crippen molar-refractivity contribution in [3.63, 3.8) is 0 Å². The van der Waals surface area contributed by atoms with E-state index in [4.69, 9.17) is 9.68 Å². The molecule has 180 valence electrons. The molecular weight excluding hydrogens is 452 g/mol. The van der Waals surface area contributed by atoms with E-state index >= 15 is 0 Å². The number of allylic oxidation sites excluding steroid dienone is 4. The lowest BCUT2D eigenvalue weighted by Crippen LogP contribution is -2.84. The summed E-state index contributed by atoms with van der Waals surface area (Å²) in [6, 6.07) is 20.1. The van der Waals surface area contributed by atoms with Crippen LogP contribution in [0, 0.1) is 12.8 Å². The molecule has 4 rings (SSSR count). The predicted octanol–water partition coefficient (Wildman–Crippen LogP) is 3.49. The zero-order valence-corrected chi connectivity index (χ0v) is 20.3. The minimum absolute atomic E-state index is 0.0711. The number of fused-ring (bicyclic) bond motifs is 2. The molecule has 0 heterocycles. The monoisotopic (exact) mass is 482 g/mol. The van der Waals surface area contributed by atoms with Crippen LogP contribution in [0.4, 0.5) is 0 Å². The van der Waals surface area contributed by atoms with Crippen molar-refractivity contribution in [2.75, 3.05) is 0 Å². The van der Waals surface area contributed by atoms with Gasteiger partial charge in [0.2, 0.25) is 0 Å². The summed E-state index contributed by atoms with van der Waals surface area (Å²) in [7, 11) is 0. The number of benzene rings is 3. The van der Waals surface area contributed by atoms with Crippen LogP contribution in [0.3, 0.4) is 0 Å². The highest BCUT2D eigenvalue weighted by Crippen LogP contribution is 2.26. The van der Waals surface area contributed by atoms with E-state index in [1.165, 1.54) is 35.3 Å². The number of carbonyl (C=O) groups is 2. The van der Waals surface area contributed by atoms with Gasteiger partial charge in [0.1, 0.15) is 24.4 Å². The molecule has 0 radical (unpaired) electrons. The van der Waals surface area contributed by atoms with Crippen molar-refractivity contribution in [1.82, 2.24) is 0 Å². The smallest absolute Gasteiger partial charge is 0.275 e. The first-order chi connectivity index (χ1) is 17.5. The van der Waals surface area contributed by atoms with E-state index in [1.54, 1.807) is 0 Å². The highest BCUT2D eigenvalue weighted by atomic mass is 16.7. The third-order valence-electron chi connectivity index (χ3n) is 5.98. The molecule has 3 aromatic carbocycles. The largest absolute Gasteiger partial charge is 0.390 e. The van der Waals surface area contributed by atoms with Crippen LogP contribution in [0.15, 0.2) is 97.1 Å². The number of hydroxylamine groups is 2. The fraction of sp³-hybridized carbons (Fsp3) is 0.133. The number of hydrogen-bond donors (Lipinski definition) is 2. The molecule has 36 heavy (non-hydrogen) atoms. The molecule has 0 saturated carbocycles. The van der Waals surface area contributed by atoms with Gasteiger partial charge in [-0.1, -0.05) is 54.6 Å². The standard InChI is InChI=1S/C30H28N2O4/c1-21(25-17-9-13-23-11-3-5-15-27(23)25)31-35-29(33)19-7-8-20-30(34)36-32-22(2)26-18-10-14-24-12-4-6-16-28(24)26/h3-22,31-32H,1-2H3/q+2/p+2/b19-7-,20-8-. The summed E-state index contributed by atoms with van der Waals surface area (Å²) >= 11 is 0. The number of rotatable bonds is 9. The maximum Gasteiger partial charge on any atom is 0.390 e. The van der Waals surface area contributed by atoms with Crippen molar-refractivity contribution < 1.29 is 30.2 Å². The summed E-state index contributed by atoms with van der Waals surface area (Å²) in [5.41, 5.74) is 7.49. The van der Waals surface area contributed by atoms with Gasteiger partial charge < -0.3 is 0 Å². The number of hydrogen-bond acceptors (Lipinski definition) is 4. The molecule has 4 N–H and O–H groups in total. The Balaban J connectivity index is 1.21. The van der Waals surface area contributed by atoms with E-state index in [2.05, 4.69) is 37.1 Å². The van der Waals surface area contributed by atoms with Gasteiger partial charge in [-0.15, -0.1) is 11.0 Å². The summed E-state index contributed by atoms with van der Waals surface area (Å²) in [6.45, 7) is 3.95. The lowest BCUT2D eigenvalue weighted by molar-refractivity contribution is -0.899. The predicted molar refractivity (Wildman–Crippen MR) is 137 cm³/mol. The molecule has 1 aliphatic carbocycles. The molecule has 3 aromatic rings. The molecule has 6 nitrogen and oxygen atoms in total. The number of carbonyl (C=O) groups excluding carboxylic acids is 2. The topological polar surface area (TPSA) is 85.8 Å². The van der Waals surface area contributed by atoms with Crippen LogP contribution in [-0.2, 0) is 19.3 Å². The van der Waals surface area contributed by atoms with Crippen molar-refractivity contribution in [2.45, 2.75) is 25.9 Å². The van der Waals surface area contributed by atoms with Crippen molar-refractivity contribution in [2.24, 2.45) is 0 Å². The van der Waals surface area contributed by atoms with Crippen molar-refractivity contribution >= 4 is 22.7 Å². The van der Waals surface area contributed by atoms with Gasteiger partial charge in [0.25, 0.3) is 0 Å². The maximum atomic E-state index is 12.1. The second-order valence-corrected chi connectivity index (χ2v) is 8.58. The van der Waals surface area contributed by atoms with Crippen molar-refractivity contribution in [1.29, 1.82) is 0 Å². The molecule has 0 aromatic heterocycles. The highest BCUT2D eigenvalue weighted by Gasteiger charge is 2.30. The maximum absolute atomic E-state index is 12.1. The zero-order chi connectivity index (χ0) is 25.3. The van der Waals surface area contributed by atoms with Crippen molar-refractivity contribution in [3.05, 3.63) is 132 Å². The highest BCUT2D eigenvalue weighted by molar-refractivity contribution is 5.86. The van der Waals surface area contributed by atoms with E-state index in [0.29, 0.717) is 0 Å². The van der Waals surface area contributed by atoms with Crippen LogP contribution in [0.1, 0.15) is 48.2 Å². The molecular formula is C30H30N2O4+4. The van der Waals surface area contributed by atoms with Gasteiger partial charge >= 0.3 is 11.9 Å². The van der Waals surface area contributed by atoms with E-state index in [-0.39, 0.29) is 12.1 Å². The van der Waals surface area contributed by atoms with Gasteiger partial charge in [0.15, 0.2) is 17.2 Å². The molecule has 6 heteroatoms. The third kappa shape index (κ3) is 6.24. The van der Waals surface area contributed by atoms with Gasteiger partial charge in [0.05, 0.1) is 18.2 Å². The lowest BCUT2D eigenvalue weighted by atomic mass is 9.90. The average Bonchev–Trinajstić information content (AvgIpc) is 2.92. The fourth-order valence-corrected chi connectivity index (χ4v) is 4.13. The Kier molecular flexibility index (Phi) is 8.24. The van der Waals surface area contributed by atoms with Crippen molar-refractivity contribution in [3.8, 4) is 0 Å². The molecule has 0 aliphatic heterocycles. The van der Waals surface area contributed by atoms with Gasteiger partial charge in [0, 0.05) is 36.8 Å². The molecule has 0 spiro atoms. The summed E-state index contributed by atoms with van der Waals surface area (Å²) in [6.07, 6.45) is 13.5. The zero-order valence-electron chi connectivity index (χ0n) is 20.3. The Morgan fingerprint density at radius 1 is 0.750 bits per heavy atom. The first kappa shape index (κ1) is 24.9. The Morgan fingerprint density at radius 3 is 2.08 bits per heavy atom. The van der Waals surface area contributed by atoms with E-state index in [9.17, 15) is 9.59 Å². The van der Waals surface area contributed by atoms with Gasteiger partial charge in [-0.05, 0) is 17.7 Å². The van der Waals surface area contributed by atoms with E-state index < -0.39 is 11.9 Å². The fourth-order valence-electron chi connectivity index (χ4n) is 4.13. The van der Waals surface area contributed by atoms with Gasteiger partial charge in [-0.2, -0.15) is 0 Å². The molecule has 0 saturated heterocycles. The van der Waals surface area contributed by atoms with Crippen LogP contribution >= 0.6 is 0 Å². The molecule has 0 bridgehead atoms. The minimum atomic E-state index is -0.517. The van der Waals surface area contributed by atoms with E-state index in [0.717, 1.165) is 33.0 Å². The molecule has 0 amide bonds. The SMILES string of the molecule is CC([NH2+]OC(=O)/C=C\C=C/C(=O)O[NH2+]C(C)c1cccc2ccccc12)c1cccc2c1[CH+]C=C[CH+]2. The van der Waals surface area contributed by atoms with Gasteiger partial charge in [-0.25, -0.2) is 9.59 Å². The molecule has 2 atom stereocenters. The minimum Gasteiger partial charge on any atom is -0.275 e. The Morgan fingerprint density at radius 2 is 1.33 bits per heavy atom. The van der Waals surface area contributed by atoms with Crippen LogP contribution in [-0.4, -0.2) is 11.9 Å². The summed E-state index contributed by atoms with van der Waals surface area (Å²) in [4.78, 5) is 34.7. The molecule has 0 fully saturated rings. The Bertz CT molecular complexity index is 1320. The van der Waals surface area contributed by atoms with Crippen LogP contribution in [0.5, 0.6) is 0 Å². The summed E-state index contributed by atoms with van der Waals surface area (Å²) in [5.74, 6) is -1.03. The quantitative estimate of drug-likeness (QED) is 0.212. The van der Waals surface area contributed by atoms with Crippen LogP contribution < -0.4 is 11.0 Å². The first-order valence-electron chi connectivity index (χ1n) is 11.9. The van der Waals surface area contributed by atoms with Crippen LogP contribution in [0.25, 0.3) is 10.8 Å². The second-order valence-electron chi connectivity index (χ2n) is 8.58. The van der Waals surface area contributed by atoms with Gasteiger partial charge in [-0.3, -0.25) is 9.68 Å². The molecule has 1 aliphatic rings. The Hall–Kier alpha value is -4.26. The van der Waals surface area contributed by atoms with Crippen LogP contribution in [0.2, 0.25) is 0 Å². The summed E-state index contributed by atoms with van der Waals surface area (Å²) in [5, 5.41) is 2.27. The normalized spacial score (nSPS) is 14.2. The van der Waals surface area contributed by atoms with E-state index in [1.807, 2.05) is 62.4 Å². The number of quaternary nitrogens is 2. The summed E-state index contributed by atoms with van der Waals surface area (Å²) < 4.78 is 0. The first-order valence-corrected chi connectivity index (χ1v) is 11.9. The third-order valence-corrected chi connectivity index (χ3v) is 5.98. The Labute approximate surface area is 211 Å².